The third-order valence-electron chi connectivity index (χ3n) is 9.57. The van der Waals surface area contributed by atoms with Crippen molar-refractivity contribution in [2.45, 2.75) is 82.4 Å². The molecule has 5 rings (SSSR count). The Hall–Kier alpha value is -4.34. The van der Waals surface area contributed by atoms with Crippen LogP contribution in [0.25, 0.3) is 0 Å². The van der Waals surface area contributed by atoms with Gasteiger partial charge in [0.15, 0.2) is 5.47 Å². The Bertz CT molecular complexity index is 1900. The molecule has 2 heterocycles. The molecule has 0 amide bonds. The van der Waals surface area contributed by atoms with Gasteiger partial charge in [-0.05, 0) is 75.6 Å². The molecule has 1 aliphatic rings. The fraction of sp³-hybridized carbons (Fsp3) is 0.425. The van der Waals surface area contributed by atoms with E-state index in [9.17, 15) is 14.9 Å². The van der Waals surface area contributed by atoms with Gasteiger partial charge in [0, 0.05) is 23.8 Å². The Balaban J connectivity index is 1.70. The molecule has 1 aliphatic heterocycles. The van der Waals surface area contributed by atoms with Gasteiger partial charge in [0.05, 0.1) is 46.0 Å². The van der Waals surface area contributed by atoms with Gasteiger partial charge in [-0.25, -0.2) is 14.6 Å². The number of H-pyrrole nitrogens is 1. The van der Waals surface area contributed by atoms with Crippen molar-refractivity contribution >= 4 is 9.24 Å². The normalized spacial score (nSPS) is 20.2. The SMILES string of the molecule is COc1ccc(C(OC[C@H]2O[C@@](P)(n3cc(C)c(=O)[nH]c3=O)C(N(C(C)C)C(C)C)[C@@H]2OOCCC#N)(c2ccccc2)c2ccc(OC)cc2)cc1. The van der Waals surface area contributed by atoms with Gasteiger partial charge < -0.3 is 18.9 Å². The predicted octanol–water partition coefficient (Wildman–Crippen LogP) is 5.47. The number of hydrogen-bond donors (Lipinski definition) is 1. The van der Waals surface area contributed by atoms with Crippen LogP contribution >= 0.6 is 9.24 Å². The lowest BCUT2D eigenvalue weighted by Gasteiger charge is -2.44. The molecule has 0 bridgehead atoms. The summed E-state index contributed by atoms with van der Waals surface area (Å²) in [5, 5.41) is 9.25. The Kier molecular flexibility index (Phi) is 12.9. The van der Waals surface area contributed by atoms with Gasteiger partial charge in [0.1, 0.15) is 29.3 Å². The lowest BCUT2D eigenvalue weighted by molar-refractivity contribution is -0.338. The van der Waals surface area contributed by atoms with E-state index >= 15 is 0 Å². The first-order valence-electron chi connectivity index (χ1n) is 17.6. The summed E-state index contributed by atoms with van der Waals surface area (Å²) >= 11 is 0. The summed E-state index contributed by atoms with van der Waals surface area (Å²) < 4.78 is 26.7. The highest BCUT2D eigenvalue weighted by molar-refractivity contribution is 7.17. The zero-order valence-corrected chi connectivity index (χ0v) is 32.4. The summed E-state index contributed by atoms with van der Waals surface area (Å²) in [5.74, 6) is 1.37. The van der Waals surface area contributed by atoms with Crippen LogP contribution in [0.2, 0.25) is 0 Å². The molecule has 282 valence electrons. The third kappa shape index (κ3) is 8.11. The van der Waals surface area contributed by atoms with Gasteiger partial charge in [0.2, 0.25) is 0 Å². The third-order valence-corrected chi connectivity index (χ3v) is 10.3. The van der Waals surface area contributed by atoms with Crippen molar-refractivity contribution in [2.75, 3.05) is 27.4 Å². The number of hydrogen-bond acceptors (Lipinski definition) is 10. The van der Waals surface area contributed by atoms with Crippen molar-refractivity contribution in [3.8, 4) is 17.6 Å². The largest absolute Gasteiger partial charge is 0.497 e. The van der Waals surface area contributed by atoms with E-state index in [1.165, 1.54) is 10.8 Å². The molecule has 0 spiro atoms. The van der Waals surface area contributed by atoms with E-state index in [4.69, 9.17) is 28.7 Å². The monoisotopic (exact) mass is 744 g/mol. The first kappa shape index (κ1) is 39.9. The number of nitrogens with one attached hydrogen (secondary N) is 1. The maximum Gasteiger partial charge on any atom is 0.331 e. The molecule has 53 heavy (non-hydrogen) atoms. The first-order valence-corrected chi connectivity index (χ1v) is 18.2. The quantitative estimate of drug-likeness (QED) is 0.0517. The number of ether oxygens (including phenoxy) is 4. The molecule has 4 aromatic rings. The minimum Gasteiger partial charge on any atom is -0.497 e. The van der Waals surface area contributed by atoms with Gasteiger partial charge in [0.25, 0.3) is 5.56 Å². The summed E-state index contributed by atoms with van der Waals surface area (Å²) in [6.45, 7) is 9.81. The van der Waals surface area contributed by atoms with Crippen LogP contribution in [0.3, 0.4) is 0 Å². The van der Waals surface area contributed by atoms with Crippen LogP contribution in [0.4, 0.5) is 0 Å². The second kappa shape index (κ2) is 17.2. The number of aromatic nitrogens is 2. The second-order valence-corrected chi connectivity index (χ2v) is 14.4. The Morgan fingerprint density at radius 2 is 1.47 bits per heavy atom. The Labute approximate surface area is 312 Å². The highest BCUT2D eigenvalue weighted by Gasteiger charge is 2.59. The van der Waals surface area contributed by atoms with Crippen LogP contribution in [0.5, 0.6) is 11.5 Å². The maximum atomic E-state index is 13.6. The summed E-state index contributed by atoms with van der Waals surface area (Å²) in [6, 6.07) is 26.6. The topological polar surface area (TPSA) is 137 Å². The molecule has 0 radical (unpaired) electrons. The number of rotatable bonds is 16. The number of aromatic amines is 1. The zero-order valence-electron chi connectivity index (χ0n) is 31.3. The number of nitriles is 1. The molecule has 1 N–H and O–H groups in total. The van der Waals surface area contributed by atoms with Gasteiger partial charge in [-0.3, -0.25) is 19.2 Å². The van der Waals surface area contributed by atoms with Crippen molar-refractivity contribution in [3.05, 3.63) is 128 Å². The van der Waals surface area contributed by atoms with Crippen molar-refractivity contribution < 1.29 is 28.7 Å². The summed E-state index contributed by atoms with van der Waals surface area (Å²) in [6.07, 6.45) is -0.0952. The first-order chi connectivity index (χ1) is 25.4. The van der Waals surface area contributed by atoms with Crippen LogP contribution in [-0.2, 0) is 30.3 Å². The molecule has 13 heteroatoms. The van der Waals surface area contributed by atoms with E-state index in [0.29, 0.717) is 17.1 Å². The minimum atomic E-state index is -1.46. The summed E-state index contributed by atoms with van der Waals surface area (Å²) in [4.78, 5) is 42.7. The fourth-order valence-corrected chi connectivity index (χ4v) is 7.93. The molecule has 0 aliphatic carbocycles. The van der Waals surface area contributed by atoms with E-state index < -0.39 is 40.6 Å². The summed E-state index contributed by atoms with van der Waals surface area (Å²) in [7, 11) is 5.96. The molecule has 3 aromatic carbocycles. The number of nitrogens with zero attached hydrogens (tertiary/aromatic N) is 3. The number of methoxy groups -OCH3 is 2. The predicted molar refractivity (Wildman–Crippen MR) is 204 cm³/mol. The van der Waals surface area contributed by atoms with Crippen molar-refractivity contribution in [2.24, 2.45) is 0 Å². The number of benzene rings is 3. The van der Waals surface area contributed by atoms with Gasteiger partial charge >= 0.3 is 5.69 Å². The molecule has 1 fully saturated rings. The van der Waals surface area contributed by atoms with Crippen LogP contribution in [0.1, 0.15) is 56.4 Å². The minimum absolute atomic E-state index is 0.0177. The van der Waals surface area contributed by atoms with Gasteiger partial charge in [-0.1, -0.05) is 63.8 Å². The Morgan fingerprint density at radius 3 is 1.98 bits per heavy atom. The van der Waals surface area contributed by atoms with Crippen molar-refractivity contribution in [1.82, 2.24) is 14.5 Å². The zero-order chi connectivity index (χ0) is 38.3. The lowest BCUT2D eigenvalue weighted by Crippen LogP contribution is -2.60. The highest BCUT2D eigenvalue weighted by atomic mass is 31.0. The molecular weight excluding hydrogens is 695 g/mol. The number of aryl methyl sites for hydroxylation is 1. The van der Waals surface area contributed by atoms with Crippen LogP contribution in [-0.4, -0.2) is 72.2 Å². The molecular formula is C40H49N4O8P. The molecule has 0 saturated carbocycles. The molecule has 12 nitrogen and oxygen atoms in total. The lowest BCUT2D eigenvalue weighted by atomic mass is 9.80. The van der Waals surface area contributed by atoms with E-state index in [1.54, 1.807) is 21.1 Å². The molecule has 2 unspecified atom stereocenters. The van der Waals surface area contributed by atoms with Crippen molar-refractivity contribution in [1.29, 1.82) is 5.26 Å². The summed E-state index contributed by atoms with van der Waals surface area (Å²) in [5.41, 5.74) is -0.953. The van der Waals surface area contributed by atoms with Gasteiger partial charge in [-0.2, -0.15) is 5.26 Å². The standard InChI is InChI=1S/C40H49N4O8P/c1-26(2)44(27(3)4)36-35(52-50-23-11-22-41)34(51-40(36,53)43-24-28(5)37(45)42-38(43)46)25-49-39(29-12-9-8-10-13-29,30-14-18-32(47-6)19-15-30)31-16-20-33(48-7)21-17-31/h8-10,12-21,24,26-27,34-36H,11,23,25,53H2,1-7H3,(H,42,45,46)/t34-,35-,36?,40+/m1/s1. The smallest absolute Gasteiger partial charge is 0.331 e. The fourth-order valence-electron chi connectivity index (χ4n) is 7.20. The van der Waals surface area contributed by atoms with E-state index in [-0.39, 0.29) is 31.7 Å². The van der Waals surface area contributed by atoms with E-state index in [2.05, 4.69) is 52.9 Å². The van der Waals surface area contributed by atoms with Crippen molar-refractivity contribution in [3.63, 3.8) is 0 Å². The van der Waals surface area contributed by atoms with Crippen LogP contribution in [0.15, 0.2) is 94.6 Å². The van der Waals surface area contributed by atoms with Crippen LogP contribution < -0.4 is 20.7 Å². The molecule has 1 saturated heterocycles. The highest BCUT2D eigenvalue weighted by Crippen LogP contribution is 2.48. The van der Waals surface area contributed by atoms with E-state index in [1.807, 2.05) is 78.9 Å². The average molecular weight is 745 g/mol. The van der Waals surface area contributed by atoms with E-state index in [0.717, 1.165) is 16.7 Å². The second-order valence-electron chi connectivity index (χ2n) is 13.5. The molecule has 5 atom stereocenters. The maximum absolute atomic E-state index is 13.6. The Morgan fingerprint density at radius 1 is 0.925 bits per heavy atom. The van der Waals surface area contributed by atoms with Gasteiger partial charge in [-0.15, -0.1) is 0 Å². The van der Waals surface area contributed by atoms with Crippen LogP contribution in [0, 0.1) is 18.3 Å². The molecule has 1 aromatic heterocycles. The average Bonchev–Trinajstić information content (AvgIpc) is 3.43.